The summed E-state index contributed by atoms with van der Waals surface area (Å²) in [6, 6.07) is 0. The largest absolute Gasteiger partial charge is 0.376 e. The lowest BCUT2D eigenvalue weighted by molar-refractivity contribution is 0.183. The minimum Gasteiger partial charge on any atom is -0.376 e. The second kappa shape index (κ2) is 45.0. The lowest BCUT2D eigenvalue weighted by Crippen LogP contribution is -1.92. The highest BCUT2D eigenvalue weighted by Gasteiger charge is 1.98. The van der Waals surface area contributed by atoms with E-state index in [4.69, 9.17) is 4.74 Å². The van der Waals surface area contributed by atoms with Gasteiger partial charge in [-0.15, -0.1) is 0 Å². The smallest absolute Gasteiger partial charge is 0.0836 e. The van der Waals surface area contributed by atoms with Crippen LogP contribution in [-0.2, 0) is 4.74 Å². The predicted octanol–water partition coefficient (Wildman–Crippen LogP) is 17.2. The molecule has 0 amide bonds. The van der Waals surface area contributed by atoms with Gasteiger partial charge in [-0.25, -0.2) is 0 Å². The van der Waals surface area contributed by atoms with Crippen molar-refractivity contribution in [2.45, 2.75) is 277 Å². The summed E-state index contributed by atoms with van der Waals surface area (Å²) >= 11 is 0. The highest BCUT2D eigenvalue weighted by atomic mass is 16.5. The van der Waals surface area contributed by atoms with Crippen molar-refractivity contribution < 1.29 is 4.74 Å². The highest BCUT2D eigenvalue weighted by molar-refractivity contribution is 4.55. The van der Waals surface area contributed by atoms with E-state index in [-0.39, 0.29) is 0 Å². The molecule has 1 nitrogen and oxygen atoms in total. The van der Waals surface area contributed by atoms with Gasteiger partial charge in [0.15, 0.2) is 0 Å². The van der Waals surface area contributed by atoms with Crippen LogP contribution in [0.25, 0.3) is 0 Å². The number of hydrogen-bond donors (Lipinski definition) is 0. The summed E-state index contributed by atoms with van der Waals surface area (Å²) < 4.78 is 5.78. The second-order valence-electron chi connectivity index (χ2n) is 15.3. The predicted molar refractivity (Wildman–Crippen MR) is 211 cm³/mol. The molecule has 46 heavy (non-hydrogen) atoms. The summed E-state index contributed by atoms with van der Waals surface area (Å²) in [4.78, 5) is 0. The molecule has 0 spiro atoms. The minimum atomic E-state index is 0.942. The number of ether oxygens (including phenoxy) is 1. The van der Waals surface area contributed by atoms with Crippen LogP contribution in [0.15, 0.2) is 0 Å². The summed E-state index contributed by atoms with van der Waals surface area (Å²) in [6.45, 7) is 7.65. The molecular formula is C45H91O. The molecule has 0 saturated carbocycles. The van der Waals surface area contributed by atoms with E-state index in [9.17, 15) is 0 Å². The van der Waals surface area contributed by atoms with Crippen molar-refractivity contribution in [2.75, 3.05) is 6.61 Å². The molecule has 1 heteroatoms. The fraction of sp³-hybridized carbons (Fsp3) is 0.978. The maximum absolute atomic E-state index is 5.78. The Balaban J connectivity index is 3.03. The van der Waals surface area contributed by atoms with Gasteiger partial charge in [0.05, 0.1) is 6.61 Å². The van der Waals surface area contributed by atoms with E-state index >= 15 is 0 Å². The molecule has 0 heterocycles. The molecule has 1 radical (unpaired) electrons. The average Bonchev–Trinajstić information content (AvgIpc) is 3.07. The highest BCUT2D eigenvalue weighted by Crippen LogP contribution is 2.17. The van der Waals surface area contributed by atoms with Gasteiger partial charge in [0.2, 0.25) is 0 Å². The Morgan fingerprint density at radius 1 is 0.239 bits per heavy atom. The Hall–Kier alpha value is -0.0400. The second-order valence-corrected chi connectivity index (χ2v) is 15.3. The van der Waals surface area contributed by atoms with Crippen LogP contribution in [0, 0.1) is 6.61 Å². The van der Waals surface area contributed by atoms with E-state index in [0.29, 0.717) is 0 Å². The van der Waals surface area contributed by atoms with Crippen molar-refractivity contribution in [1.82, 2.24) is 0 Å². The molecule has 277 valence electrons. The van der Waals surface area contributed by atoms with Gasteiger partial charge in [-0.2, -0.15) is 0 Å². The van der Waals surface area contributed by atoms with E-state index in [1.807, 2.05) is 0 Å². The third-order valence-electron chi connectivity index (χ3n) is 10.4. The maximum atomic E-state index is 5.78. The van der Waals surface area contributed by atoms with E-state index in [0.717, 1.165) is 13.0 Å². The standard InChI is InChI=1S/C45H91O/c1-3-5-7-9-11-13-15-17-19-20-21-22-23-24-25-26-27-28-29-31-33-35-37-39-41-43-45-46-44-42-40-38-36-34-32-30-18-16-14-12-10-8-6-4-2/h45H,3-44H2,1-2H3. The van der Waals surface area contributed by atoms with Crippen LogP contribution in [0.1, 0.15) is 277 Å². The van der Waals surface area contributed by atoms with Gasteiger partial charge in [0.25, 0.3) is 0 Å². The van der Waals surface area contributed by atoms with Crippen molar-refractivity contribution in [3.63, 3.8) is 0 Å². The van der Waals surface area contributed by atoms with Gasteiger partial charge in [-0.1, -0.05) is 264 Å². The summed E-state index contributed by atoms with van der Waals surface area (Å²) in [5, 5.41) is 0. The summed E-state index contributed by atoms with van der Waals surface area (Å²) in [7, 11) is 0. The lowest BCUT2D eigenvalue weighted by Gasteiger charge is -2.05. The van der Waals surface area contributed by atoms with Crippen molar-refractivity contribution >= 4 is 0 Å². The Labute approximate surface area is 294 Å². The minimum absolute atomic E-state index is 0.942. The molecule has 0 aromatic carbocycles. The molecule has 0 aromatic heterocycles. The van der Waals surface area contributed by atoms with Crippen molar-refractivity contribution in [1.29, 1.82) is 0 Å². The third kappa shape index (κ3) is 44.0. The molecule has 0 fully saturated rings. The van der Waals surface area contributed by atoms with Crippen LogP contribution in [0.2, 0.25) is 0 Å². The molecule has 0 atom stereocenters. The zero-order chi connectivity index (χ0) is 33.1. The molecule has 0 unspecified atom stereocenters. The molecule has 0 aromatic rings. The van der Waals surface area contributed by atoms with Crippen molar-refractivity contribution in [3.8, 4) is 0 Å². The average molecular weight is 648 g/mol. The zero-order valence-electron chi connectivity index (χ0n) is 32.7. The monoisotopic (exact) mass is 648 g/mol. The quantitative estimate of drug-likeness (QED) is 0.0598. The van der Waals surface area contributed by atoms with E-state index in [1.165, 1.54) is 257 Å². The Bertz CT molecular complexity index is 443. The van der Waals surface area contributed by atoms with Crippen LogP contribution in [0.3, 0.4) is 0 Å². The van der Waals surface area contributed by atoms with Crippen LogP contribution >= 0.6 is 0 Å². The van der Waals surface area contributed by atoms with Crippen LogP contribution < -0.4 is 0 Å². The van der Waals surface area contributed by atoms with Gasteiger partial charge in [0.1, 0.15) is 0 Å². The van der Waals surface area contributed by atoms with E-state index < -0.39 is 0 Å². The van der Waals surface area contributed by atoms with Crippen LogP contribution in [0.4, 0.5) is 0 Å². The summed E-state index contributed by atoms with van der Waals surface area (Å²) in [6.07, 6.45) is 59.1. The first kappa shape index (κ1) is 46.0. The first-order valence-corrected chi connectivity index (χ1v) is 22.3. The fourth-order valence-corrected chi connectivity index (χ4v) is 7.09. The normalized spacial score (nSPS) is 11.6. The SMILES string of the molecule is CCCCCCCCCCCCCCCCCCCCCCCCCCC[CH]OCCCCCCCCCCCCCCCCC. The van der Waals surface area contributed by atoms with Gasteiger partial charge in [0, 0.05) is 6.61 Å². The Morgan fingerprint density at radius 3 is 0.674 bits per heavy atom. The van der Waals surface area contributed by atoms with Gasteiger partial charge in [-0.05, 0) is 12.8 Å². The zero-order valence-corrected chi connectivity index (χ0v) is 32.7. The first-order chi connectivity index (χ1) is 22.9. The van der Waals surface area contributed by atoms with Crippen LogP contribution in [0.5, 0.6) is 0 Å². The fourth-order valence-electron chi connectivity index (χ4n) is 7.09. The number of hydrogen-bond acceptors (Lipinski definition) is 1. The topological polar surface area (TPSA) is 9.23 Å². The Morgan fingerprint density at radius 2 is 0.435 bits per heavy atom. The molecular weight excluding hydrogens is 556 g/mol. The molecule has 0 aliphatic carbocycles. The number of unbranched alkanes of at least 4 members (excludes halogenated alkanes) is 39. The maximum Gasteiger partial charge on any atom is 0.0836 e. The van der Waals surface area contributed by atoms with Gasteiger partial charge >= 0.3 is 0 Å². The van der Waals surface area contributed by atoms with E-state index in [2.05, 4.69) is 20.5 Å². The molecule has 0 bridgehead atoms. The van der Waals surface area contributed by atoms with Gasteiger partial charge < -0.3 is 4.74 Å². The summed E-state index contributed by atoms with van der Waals surface area (Å²) in [5.74, 6) is 0. The van der Waals surface area contributed by atoms with Crippen LogP contribution in [-0.4, -0.2) is 6.61 Å². The molecule has 0 aliphatic heterocycles. The number of rotatable bonds is 43. The molecule has 0 N–H and O–H groups in total. The molecule has 0 rings (SSSR count). The Kier molecular flexibility index (Phi) is 44.9. The van der Waals surface area contributed by atoms with Gasteiger partial charge in [-0.3, -0.25) is 0 Å². The molecule has 0 saturated heterocycles. The van der Waals surface area contributed by atoms with Crippen molar-refractivity contribution in [2.24, 2.45) is 0 Å². The van der Waals surface area contributed by atoms with E-state index in [1.54, 1.807) is 0 Å². The summed E-state index contributed by atoms with van der Waals surface area (Å²) in [5.41, 5.74) is 0. The first-order valence-electron chi connectivity index (χ1n) is 22.3. The third-order valence-corrected chi connectivity index (χ3v) is 10.4. The van der Waals surface area contributed by atoms with Crippen molar-refractivity contribution in [3.05, 3.63) is 6.61 Å². The lowest BCUT2D eigenvalue weighted by atomic mass is 10.0. The molecule has 0 aliphatic rings.